The second kappa shape index (κ2) is 5.39. The van der Waals surface area contributed by atoms with E-state index in [9.17, 15) is 4.79 Å². The van der Waals surface area contributed by atoms with Gasteiger partial charge in [0.2, 0.25) is 0 Å². The lowest BCUT2D eigenvalue weighted by atomic mass is 9.71. The van der Waals surface area contributed by atoms with E-state index in [4.69, 9.17) is 5.73 Å². The zero-order chi connectivity index (χ0) is 16.9. The minimum absolute atomic E-state index is 0.0663. The van der Waals surface area contributed by atoms with Gasteiger partial charge in [0.25, 0.3) is 5.91 Å². The van der Waals surface area contributed by atoms with Crippen molar-refractivity contribution in [2.75, 3.05) is 44.2 Å². The summed E-state index contributed by atoms with van der Waals surface area (Å²) in [5.74, 6) is 0.796. The maximum Gasteiger partial charge on any atom is 0.274 e. The van der Waals surface area contributed by atoms with Gasteiger partial charge in [-0.2, -0.15) is 0 Å². The van der Waals surface area contributed by atoms with Gasteiger partial charge in [0.1, 0.15) is 11.5 Å². The molecule has 3 N–H and O–H groups in total. The topological polar surface area (TPSA) is 87.4 Å². The summed E-state index contributed by atoms with van der Waals surface area (Å²) in [4.78, 5) is 25.4. The van der Waals surface area contributed by atoms with Crippen molar-refractivity contribution in [3.8, 4) is 0 Å². The van der Waals surface area contributed by atoms with Crippen LogP contribution in [0.2, 0.25) is 0 Å². The Bertz CT molecular complexity index is 631. The molecule has 1 amide bonds. The second-order valence-electron chi connectivity index (χ2n) is 8.14. The molecule has 3 atom stereocenters. The average Bonchev–Trinajstić information content (AvgIpc) is 3.17. The Labute approximate surface area is 142 Å². The third kappa shape index (κ3) is 2.38. The van der Waals surface area contributed by atoms with Gasteiger partial charge in [0.15, 0.2) is 0 Å². The van der Waals surface area contributed by atoms with Gasteiger partial charge in [-0.3, -0.25) is 4.79 Å². The van der Waals surface area contributed by atoms with Crippen molar-refractivity contribution in [1.82, 2.24) is 20.2 Å². The minimum Gasteiger partial charge on any atom is -0.354 e. The molecule has 3 aliphatic heterocycles. The number of hydrogen-bond acceptors (Lipinski definition) is 6. The Morgan fingerprint density at radius 1 is 1.25 bits per heavy atom. The number of nitrogens with zero attached hydrogens (tertiary/aromatic N) is 4. The molecule has 0 aliphatic carbocycles. The maximum absolute atomic E-state index is 12.4. The van der Waals surface area contributed by atoms with Crippen molar-refractivity contribution < 1.29 is 4.79 Å². The van der Waals surface area contributed by atoms with E-state index in [0.717, 1.165) is 38.4 Å². The van der Waals surface area contributed by atoms with Gasteiger partial charge in [-0.25, -0.2) is 9.97 Å². The normalized spacial score (nSPS) is 35.5. The van der Waals surface area contributed by atoms with Crippen molar-refractivity contribution in [1.29, 1.82) is 0 Å². The van der Waals surface area contributed by atoms with Crippen LogP contribution in [0.5, 0.6) is 0 Å². The molecule has 0 aromatic carbocycles. The molecule has 24 heavy (non-hydrogen) atoms. The lowest BCUT2D eigenvalue weighted by molar-refractivity contribution is 0.0784. The van der Waals surface area contributed by atoms with Crippen LogP contribution in [0.3, 0.4) is 0 Å². The molecule has 4 heterocycles. The Morgan fingerprint density at radius 2 is 1.96 bits per heavy atom. The van der Waals surface area contributed by atoms with E-state index in [1.165, 1.54) is 0 Å². The van der Waals surface area contributed by atoms with Crippen LogP contribution in [0, 0.1) is 10.8 Å². The molecule has 3 aliphatic rings. The van der Waals surface area contributed by atoms with Crippen LogP contribution in [-0.2, 0) is 0 Å². The van der Waals surface area contributed by atoms with Gasteiger partial charge in [-0.05, 0) is 6.42 Å². The highest BCUT2D eigenvalue weighted by molar-refractivity contribution is 5.92. The van der Waals surface area contributed by atoms with Crippen molar-refractivity contribution in [3.63, 3.8) is 0 Å². The van der Waals surface area contributed by atoms with Crippen molar-refractivity contribution >= 4 is 11.7 Å². The quantitative estimate of drug-likeness (QED) is 0.799. The number of fused-ring (bicyclic) bond motifs is 1. The van der Waals surface area contributed by atoms with E-state index in [-0.39, 0.29) is 22.8 Å². The molecular formula is C17H26N6O. The summed E-state index contributed by atoms with van der Waals surface area (Å²) in [7, 11) is 0. The molecule has 7 nitrogen and oxygen atoms in total. The Morgan fingerprint density at radius 3 is 2.50 bits per heavy atom. The molecule has 1 aromatic rings. The number of aromatic nitrogens is 2. The fraction of sp³-hybridized carbons (Fsp3) is 0.706. The third-order valence-corrected chi connectivity index (χ3v) is 6.26. The first kappa shape index (κ1) is 15.8. The molecular weight excluding hydrogens is 304 g/mol. The van der Waals surface area contributed by atoms with E-state index in [0.29, 0.717) is 18.8 Å². The lowest BCUT2D eigenvalue weighted by Crippen LogP contribution is -2.34. The highest BCUT2D eigenvalue weighted by atomic mass is 16.2. The number of hydrogen-bond donors (Lipinski definition) is 2. The monoisotopic (exact) mass is 330 g/mol. The minimum atomic E-state index is -0.0663. The number of carbonyl (C=O) groups is 1. The molecule has 4 rings (SSSR count). The molecule has 1 unspecified atom stereocenters. The molecule has 0 saturated carbocycles. The molecule has 3 saturated heterocycles. The first-order valence-electron chi connectivity index (χ1n) is 8.73. The molecule has 1 aromatic heterocycles. The summed E-state index contributed by atoms with van der Waals surface area (Å²) in [6.07, 6.45) is 4.21. The van der Waals surface area contributed by atoms with Crippen molar-refractivity contribution in [2.45, 2.75) is 26.3 Å². The van der Waals surface area contributed by atoms with Crippen LogP contribution < -0.4 is 16.0 Å². The number of anilines is 1. The molecule has 3 fully saturated rings. The summed E-state index contributed by atoms with van der Waals surface area (Å²) in [6.45, 7) is 10.0. The summed E-state index contributed by atoms with van der Waals surface area (Å²) in [6, 6.07) is 0.0836. The standard InChI is InChI=1S/C17H26N6O/c1-16-8-19-9-17(16,2)11-23(10-16)14-6-20-13(5-21-14)15(24)22-4-3-12(18)7-22/h5-6,12,19H,3-4,7-11,18H2,1-2H3/t12?,16-,17+. The number of rotatable bonds is 2. The first-order valence-corrected chi connectivity index (χ1v) is 8.73. The van der Waals surface area contributed by atoms with E-state index in [2.05, 4.69) is 34.0 Å². The maximum atomic E-state index is 12.4. The molecule has 0 radical (unpaired) electrons. The third-order valence-electron chi connectivity index (χ3n) is 6.26. The number of nitrogens with one attached hydrogen (secondary N) is 1. The molecule has 0 bridgehead atoms. The Hall–Kier alpha value is -1.73. The van der Waals surface area contributed by atoms with Crippen LogP contribution in [0.4, 0.5) is 5.82 Å². The molecule has 130 valence electrons. The van der Waals surface area contributed by atoms with Crippen molar-refractivity contribution in [3.05, 3.63) is 18.1 Å². The smallest absolute Gasteiger partial charge is 0.274 e. The van der Waals surface area contributed by atoms with Gasteiger partial charge in [0.05, 0.1) is 12.4 Å². The van der Waals surface area contributed by atoms with Crippen LogP contribution in [0.15, 0.2) is 12.4 Å². The van der Waals surface area contributed by atoms with E-state index in [1.54, 1.807) is 17.3 Å². The van der Waals surface area contributed by atoms with E-state index >= 15 is 0 Å². The number of likely N-dealkylation sites (tertiary alicyclic amines) is 1. The second-order valence-corrected chi connectivity index (χ2v) is 8.14. The van der Waals surface area contributed by atoms with Gasteiger partial charge >= 0.3 is 0 Å². The predicted molar refractivity (Wildman–Crippen MR) is 91.8 cm³/mol. The van der Waals surface area contributed by atoms with Gasteiger partial charge < -0.3 is 20.9 Å². The largest absolute Gasteiger partial charge is 0.354 e. The number of amides is 1. The fourth-order valence-electron chi connectivity index (χ4n) is 4.32. The molecule has 0 spiro atoms. The van der Waals surface area contributed by atoms with E-state index in [1.807, 2.05) is 0 Å². The van der Waals surface area contributed by atoms with Crippen LogP contribution in [0.1, 0.15) is 30.8 Å². The molecule has 7 heteroatoms. The first-order chi connectivity index (χ1) is 11.4. The zero-order valence-corrected chi connectivity index (χ0v) is 14.5. The van der Waals surface area contributed by atoms with Gasteiger partial charge in [0, 0.05) is 56.1 Å². The summed E-state index contributed by atoms with van der Waals surface area (Å²) in [5.41, 5.74) is 6.80. The van der Waals surface area contributed by atoms with Gasteiger partial charge in [-0.15, -0.1) is 0 Å². The lowest BCUT2D eigenvalue weighted by Gasteiger charge is -2.30. The van der Waals surface area contributed by atoms with E-state index < -0.39 is 0 Å². The average molecular weight is 330 g/mol. The number of nitrogens with two attached hydrogens (primary N) is 1. The fourth-order valence-corrected chi connectivity index (χ4v) is 4.32. The van der Waals surface area contributed by atoms with Crippen LogP contribution in [-0.4, -0.2) is 66.1 Å². The van der Waals surface area contributed by atoms with Crippen LogP contribution in [0.25, 0.3) is 0 Å². The predicted octanol–water partition coefficient (Wildman–Crippen LogP) is 0.0856. The summed E-state index contributed by atoms with van der Waals surface area (Å²) < 4.78 is 0. The summed E-state index contributed by atoms with van der Waals surface area (Å²) >= 11 is 0. The SMILES string of the molecule is C[C@@]12CNC[C@]1(C)CN(c1cnc(C(=O)N3CCC(N)C3)cn1)C2. The van der Waals surface area contributed by atoms with Gasteiger partial charge in [-0.1, -0.05) is 13.8 Å². The zero-order valence-electron chi connectivity index (χ0n) is 14.5. The Kier molecular flexibility index (Phi) is 3.54. The Balaban J connectivity index is 1.48. The number of carbonyl (C=O) groups excluding carboxylic acids is 1. The highest BCUT2D eigenvalue weighted by Gasteiger charge is 2.55. The van der Waals surface area contributed by atoms with Crippen molar-refractivity contribution in [2.24, 2.45) is 16.6 Å². The summed E-state index contributed by atoms with van der Waals surface area (Å²) in [5, 5.41) is 3.51. The highest BCUT2D eigenvalue weighted by Crippen LogP contribution is 2.49. The van der Waals surface area contributed by atoms with Crippen LogP contribution >= 0.6 is 0 Å².